The van der Waals surface area contributed by atoms with Gasteiger partial charge in [0.05, 0.1) is 19.2 Å². The van der Waals surface area contributed by atoms with Gasteiger partial charge in [-0.05, 0) is 30.2 Å². The molecule has 1 N–H and O–H groups in total. The summed E-state index contributed by atoms with van der Waals surface area (Å²) in [5, 5.41) is 13.6. The van der Waals surface area contributed by atoms with Crippen LogP contribution in [0.3, 0.4) is 0 Å². The van der Waals surface area contributed by atoms with E-state index in [1.54, 1.807) is 40.0 Å². The number of aryl methyl sites for hydroxylation is 1. The second-order valence-corrected chi connectivity index (χ2v) is 6.34. The molecule has 1 aromatic heterocycles. The van der Waals surface area contributed by atoms with Crippen molar-refractivity contribution in [3.8, 4) is 5.75 Å². The maximum Gasteiger partial charge on any atom is 0.311 e. The monoisotopic (exact) mass is 343 g/mol. The number of esters is 1. The van der Waals surface area contributed by atoms with Crippen molar-refractivity contribution in [1.29, 1.82) is 0 Å². The topological polar surface area (TPSA) is 84.7 Å². The number of aromatic nitrogens is 2. The Balaban J connectivity index is 1.77. The molecule has 1 aliphatic rings. The summed E-state index contributed by atoms with van der Waals surface area (Å²) in [6.45, 7) is 2.81. The van der Waals surface area contributed by atoms with Crippen molar-refractivity contribution >= 4 is 11.9 Å². The second-order valence-electron chi connectivity index (χ2n) is 6.34. The van der Waals surface area contributed by atoms with Crippen LogP contribution in [0.2, 0.25) is 0 Å². The number of hydrogen-bond donors (Lipinski definition) is 1. The van der Waals surface area contributed by atoms with E-state index >= 15 is 0 Å². The van der Waals surface area contributed by atoms with Gasteiger partial charge in [-0.25, -0.2) is 0 Å². The van der Waals surface area contributed by atoms with Gasteiger partial charge in [-0.15, -0.1) is 0 Å². The predicted molar refractivity (Wildman–Crippen MR) is 89.9 cm³/mol. The molecule has 1 amide bonds. The van der Waals surface area contributed by atoms with Crippen LogP contribution in [0.5, 0.6) is 5.75 Å². The maximum absolute atomic E-state index is 12.6. The molecule has 25 heavy (non-hydrogen) atoms. The molecule has 2 atom stereocenters. The molecule has 0 saturated carbocycles. The Hall–Kier alpha value is -2.83. The number of likely N-dealkylation sites (tertiary alicyclic amines) is 1. The Bertz CT molecular complexity index is 769. The van der Waals surface area contributed by atoms with Crippen LogP contribution < -0.4 is 0 Å². The van der Waals surface area contributed by atoms with Crippen LogP contribution in [0, 0.1) is 12.8 Å². The largest absolute Gasteiger partial charge is 0.508 e. The summed E-state index contributed by atoms with van der Waals surface area (Å²) in [6.07, 6.45) is 3.51. The number of amides is 1. The van der Waals surface area contributed by atoms with E-state index in [4.69, 9.17) is 4.74 Å². The fraction of sp³-hybridized carbons (Fsp3) is 0.389. The first kappa shape index (κ1) is 17.0. The van der Waals surface area contributed by atoms with Crippen LogP contribution in [0.1, 0.15) is 17.0 Å². The van der Waals surface area contributed by atoms with E-state index in [1.807, 2.05) is 13.1 Å². The number of aromatic hydroxyl groups is 1. The number of phenolic OH excluding ortho intramolecular Hbond substituents is 1. The summed E-state index contributed by atoms with van der Waals surface area (Å²) in [4.78, 5) is 26.4. The first-order chi connectivity index (χ1) is 12.0. The number of nitrogens with zero attached hydrogens (tertiary/aromatic N) is 3. The van der Waals surface area contributed by atoms with Gasteiger partial charge in [0, 0.05) is 25.2 Å². The van der Waals surface area contributed by atoms with E-state index in [0.29, 0.717) is 13.1 Å². The smallest absolute Gasteiger partial charge is 0.311 e. The molecule has 3 rings (SSSR count). The summed E-state index contributed by atoms with van der Waals surface area (Å²) in [7, 11) is 1.35. The highest BCUT2D eigenvalue weighted by atomic mass is 16.5. The highest BCUT2D eigenvalue weighted by molar-refractivity contribution is 5.80. The van der Waals surface area contributed by atoms with Crippen molar-refractivity contribution < 1.29 is 19.4 Å². The van der Waals surface area contributed by atoms with Crippen molar-refractivity contribution in [1.82, 2.24) is 14.7 Å². The highest BCUT2D eigenvalue weighted by Crippen LogP contribution is 2.34. The molecular weight excluding hydrogens is 322 g/mol. The van der Waals surface area contributed by atoms with E-state index in [2.05, 4.69) is 5.10 Å². The van der Waals surface area contributed by atoms with Crippen LogP contribution in [-0.2, 0) is 20.9 Å². The summed E-state index contributed by atoms with van der Waals surface area (Å²) in [6, 6.07) is 6.73. The third-order valence-corrected chi connectivity index (χ3v) is 4.56. The van der Waals surface area contributed by atoms with Crippen molar-refractivity contribution in [2.75, 3.05) is 20.2 Å². The first-order valence-electron chi connectivity index (χ1n) is 8.11. The second kappa shape index (κ2) is 6.96. The molecule has 0 bridgehead atoms. The molecular formula is C18H21N3O4. The molecule has 7 heteroatoms. The van der Waals surface area contributed by atoms with E-state index in [-0.39, 0.29) is 30.1 Å². The van der Waals surface area contributed by atoms with Gasteiger partial charge >= 0.3 is 5.97 Å². The van der Waals surface area contributed by atoms with E-state index in [0.717, 1.165) is 11.1 Å². The Morgan fingerprint density at radius 1 is 1.28 bits per heavy atom. The average Bonchev–Trinajstić information content (AvgIpc) is 3.21. The van der Waals surface area contributed by atoms with Gasteiger partial charge in [0.2, 0.25) is 5.91 Å². The molecule has 0 spiro atoms. The van der Waals surface area contributed by atoms with Crippen LogP contribution in [0.25, 0.3) is 0 Å². The Morgan fingerprint density at radius 2 is 2.00 bits per heavy atom. The van der Waals surface area contributed by atoms with Crippen molar-refractivity contribution in [3.63, 3.8) is 0 Å². The highest BCUT2D eigenvalue weighted by Gasteiger charge is 2.41. The molecule has 1 aromatic carbocycles. The molecule has 2 heterocycles. The Labute approximate surface area is 145 Å². The molecule has 0 radical (unpaired) electrons. The number of phenols is 1. The average molecular weight is 343 g/mol. The maximum atomic E-state index is 12.6. The lowest BCUT2D eigenvalue weighted by Crippen LogP contribution is -2.33. The minimum Gasteiger partial charge on any atom is -0.508 e. The Kier molecular flexibility index (Phi) is 4.74. The quantitative estimate of drug-likeness (QED) is 0.846. The molecule has 1 aliphatic heterocycles. The van der Waals surface area contributed by atoms with Crippen LogP contribution in [-0.4, -0.2) is 51.9 Å². The molecule has 132 valence electrons. The van der Waals surface area contributed by atoms with Crippen molar-refractivity contribution in [2.45, 2.75) is 19.4 Å². The molecule has 0 unspecified atom stereocenters. The lowest BCUT2D eigenvalue weighted by Gasteiger charge is -2.16. The molecule has 1 fully saturated rings. The van der Waals surface area contributed by atoms with Crippen molar-refractivity contribution in [3.05, 3.63) is 47.8 Å². The zero-order valence-electron chi connectivity index (χ0n) is 14.3. The number of methoxy groups -OCH3 is 1. The van der Waals surface area contributed by atoms with Gasteiger partial charge in [-0.1, -0.05) is 12.1 Å². The van der Waals surface area contributed by atoms with Gasteiger partial charge in [-0.2, -0.15) is 5.10 Å². The first-order valence-corrected chi connectivity index (χ1v) is 8.11. The zero-order valence-corrected chi connectivity index (χ0v) is 14.3. The van der Waals surface area contributed by atoms with Gasteiger partial charge in [-0.3, -0.25) is 14.3 Å². The van der Waals surface area contributed by atoms with E-state index in [9.17, 15) is 14.7 Å². The summed E-state index contributed by atoms with van der Waals surface area (Å²) < 4.78 is 6.51. The minimum absolute atomic E-state index is 0.0849. The summed E-state index contributed by atoms with van der Waals surface area (Å²) >= 11 is 0. The predicted octanol–water partition coefficient (Wildman–Crippen LogP) is 1.31. The molecule has 1 saturated heterocycles. The lowest BCUT2D eigenvalue weighted by atomic mass is 9.89. The number of rotatable bonds is 4. The van der Waals surface area contributed by atoms with E-state index in [1.165, 1.54) is 7.11 Å². The fourth-order valence-electron chi connectivity index (χ4n) is 3.25. The molecule has 0 aliphatic carbocycles. The zero-order chi connectivity index (χ0) is 18.0. The molecule has 2 aromatic rings. The van der Waals surface area contributed by atoms with Crippen LogP contribution in [0.15, 0.2) is 36.7 Å². The van der Waals surface area contributed by atoms with Gasteiger partial charge in [0.15, 0.2) is 0 Å². The summed E-state index contributed by atoms with van der Waals surface area (Å²) in [5.74, 6) is -0.825. The normalized spacial score (nSPS) is 19.8. The SMILES string of the molecule is COC(=O)[C@@H]1CN(C(=O)Cn2cc(C)cn2)C[C@H]1c1ccc(O)cc1. The Morgan fingerprint density at radius 3 is 2.60 bits per heavy atom. The number of ether oxygens (including phenoxy) is 1. The van der Waals surface area contributed by atoms with Crippen LogP contribution in [0.4, 0.5) is 0 Å². The summed E-state index contributed by atoms with van der Waals surface area (Å²) in [5.41, 5.74) is 1.89. The fourth-order valence-corrected chi connectivity index (χ4v) is 3.25. The number of carbonyl (C=O) groups excluding carboxylic acids is 2. The number of hydrogen-bond acceptors (Lipinski definition) is 5. The van der Waals surface area contributed by atoms with Crippen LogP contribution >= 0.6 is 0 Å². The lowest BCUT2D eigenvalue weighted by molar-refractivity contribution is -0.145. The number of benzene rings is 1. The number of carbonyl (C=O) groups is 2. The third kappa shape index (κ3) is 3.65. The van der Waals surface area contributed by atoms with Gasteiger partial charge in [0.1, 0.15) is 12.3 Å². The van der Waals surface area contributed by atoms with E-state index < -0.39 is 5.92 Å². The van der Waals surface area contributed by atoms with Crippen molar-refractivity contribution in [2.24, 2.45) is 5.92 Å². The minimum atomic E-state index is -0.419. The van der Waals surface area contributed by atoms with Gasteiger partial charge < -0.3 is 14.7 Å². The van der Waals surface area contributed by atoms with Gasteiger partial charge in [0.25, 0.3) is 0 Å². The third-order valence-electron chi connectivity index (χ3n) is 4.56. The molecule has 7 nitrogen and oxygen atoms in total. The standard InChI is InChI=1S/C18H21N3O4/c1-12-7-19-21(8-12)11-17(23)20-9-15(16(10-20)18(24)25-2)13-3-5-14(22)6-4-13/h3-8,15-16,22H,9-11H2,1-2H3/t15-,16+/m0/s1.